The number of carbonyl (C=O) groups excluding carboxylic acids is 1. The van der Waals surface area contributed by atoms with Crippen LogP contribution < -0.4 is 10.1 Å². The predicted molar refractivity (Wildman–Crippen MR) is 81.1 cm³/mol. The summed E-state index contributed by atoms with van der Waals surface area (Å²) in [5.74, 6) is 0.297. The van der Waals surface area contributed by atoms with Crippen molar-refractivity contribution in [1.29, 1.82) is 0 Å². The van der Waals surface area contributed by atoms with Crippen LogP contribution in [-0.2, 0) is 0 Å². The molecule has 0 radical (unpaired) electrons. The number of nitrogens with zero attached hydrogens (tertiary/aromatic N) is 2. The SMILES string of the molecule is COc1cccc(NC(=O)c2nn3ccccc3c2Cl)c1. The van der Waals surface area contributed by atoms with E-state index in [0.29, 0.717) is 22.0 Å². The number of nitrogens with one attached hydrogen (secondary N) is 1. The van der Waals surface area contributed by atoms with E-state index in [4.69, 9.17) is 16.3 Å². The molecule has 0 aliphatic heterocycles. The molecule has 0 aliphatic rings. The van der Waals surface area contributed by atoms with Gasteiger partial charge in [0.2, 0.25) is 0 Å². The summed E-state index contributed by atoms with van der Waals surface area (Å²) in [5.41, 5.74) is 1.49. The van der Waals surface area contributed by atoms with Crippen LogP contribution in [0.15, 0.2) is 48.7 Å². The Hall–Kier alpha value is -2.53. The molecule has 2 heterocycles. The van der Waals surface area contributed by atoms with E-state index in [2.05, 4.69) is 10.4 Å². The van der Waals surface area contributed by atoms with Gasteiger partial charge in [0.1, 0.15) is 5.75 Å². The maximum Gasteiger partial charge on any atom is 0.277 e. The number of fused-ring (bicyclic) bond motifs is 1. The number of anilines is 1. The Bertz CT molecular complexity index is 814. The first-order valence-electron chi connectivity index (χ1n) is 6.27. The predicted octanol–water partition coefficient (Wildman–Crippen LogP) is 3.25. The number of rotatable bonds is 3. The minimum Gasteiger partial charge on any atom is -0.497 e. The van der Waals surface area contributed by atoms with Crippen LogP contribution in [0, 0.1) is 0 Å². The van der Waals surface area contributed by atoms with E-state index < -0.39 is 0 Å². The third-order valence-corrected chi connectivity index (χ3v) is 3.40. The van der Waals surface area contributed by atoms with Gasteiger partial charge in [-0.15, -0.1) is 0 Å². The molecule has 6 heteroatoms. The Balaban J connectivity index is 1.91. The van der Waals surface area contributed by atoms with Crippen molar-refractivity contribution in [1.82, 2.24) is 9.61 Å². The van der Waals surface area contributed by atoms with Crippen LogP contribution in [0.4, 0.5) is 5.69 Å². The highest BCUT2D eigenvalue weighted by atomic mass is 35.5. The summed E-state index contributed by atoms with van der Waals surface area (Å²) in [6, 6.07) is 12.5. The first kappa shape index (κ1) is 13.5. The molecule has 5 nitrogen and oxygen atoms in total. The lowest BCUT2D eigenvalue weighted by atomic mass is 10.3. The van der Waals surface area contributed by atoms with Crippen LogP contribution in [0.2, 0.25) is 5.02 Å². The minimum absolute atomic E-state index is 0.186. The summed E-state index contributed by atoms with van der Waals surface area (Å²) >= 11 is 6.21. The average molecular weight is 302 g/mol. The number of hydrogen-bond donors (Lipinski definition) is 1. The van der Waals surface area contributed by atoms with Crippen LogP contribution in [-0.4, -0.2) is 22.6 Å². The van der Waals surface area contributed by atoms with Gasteiger partial charge in [-0.25, -0.2) is 4.52 Å². The number of carbonyl (C=O) groups is 1. The largest absolute Gasteiger partial charge is 0.497 e. The lowest BCUT2D eigenvalue weighted by molar-refractivity contribution is 0.102. The Morgan fingerprint density at radius 3 is 2.90 bits per heavy atom. The van der Waals surface area contributed by atoms with Gasteiger partial charge in [-0.2, -0.15) is 5.10 Å². The van der Waals surface area contributed by atoms with E-state index in [1.54, 1.807) is 48.2 Å². The van der Waals surface area contributed by atoms with Crippen LogP contribution in [0.5, 0.6) is 5.75 Å². The van der Waals surface area contributed by atoms with Gasteiger partial charge >= 0.3 is 0 Å². The molecule has 3 aromatic rings. The average Bonchev–Trinajstić information content (AvgIpc) is 2.85. The van der Waals surface area contributed by atoms with Gasteiger partial charge in [-0.05, 0) is 24.3 Å². The number of amides is 1. The molecule has 2 aromatic heterocycles. The number of benzene rings is 1. The van der Waals surface area contributed by atoms with Crippen molar-refractivity contribution in [2.45, 2.75) is 0 Å². The van der Waals surface area contributed by atoms with E-state index in [0.717, 1.165) is 0 Å². The highest BCUT2D eigenvalue weighted by Crippen LogP contribution is 2.23. The molecule has 0 aliphatic carbocycles. The lowest BCUT2D eigenvalue weighted by Gasteiger charge is -2.05. The molecule has 106 valence electrons. The van der Waals surface area contributed by atoms with Gasteiger partial charge in [-0.1, -0.05) is 23.7 Å². The molecule has 1 amide bonds. The summed E-state index contributed by atoms with van der Waals surface area (Å²) in [6.45, 7) is 0. The van der Waals surface area contributed by atoms with Crippen molar-refractivity contribution in [2.75, 3.05) is 12.4 Å². The number of aromatic nitrogens is 2. The topological polar surface area (TPSA) is 55.6 Å². The number of hydrogen-bond acceptors (Lipinski definition) is 3. The summed E-state index contributed by atoms with van der Waals surface area (Å²) in [4.78, 5) is 12.3. The molecule has 0 spiro atoms. The van der Waals surface area contributed by atoms with Crippen molar-refractivity contribution in [2.24, 2.45) is 0 Å². The normalized spacial score (nSPS) is 10.6. The zero-order valence-corrected chi connectivity index (χ0v) is 12.0. The smallest absolute Gasteiger partial charge is 0.277 e. The second kappa shape index (κ2) is 5.46. The van der Waals surface area contributed by atoms with Gasteiger partial charge in [0, 0.05) is 18.0 Å². The molecule has 3 rings (SSSR count). The van der Waals surface area contributed by atoms with Crippen LogP contribution in [0.25, 0.3) is 5.52 Å². The van der Waals surface area contributed by atoms with Crippen LogP contribution in [0.1, 0.15) is 10.5 Å². The molecule has 0 bridgehead atoms. The van der Waals surface area contributed by atoms with Crippen LogP contribution >= 0.6 is 11.6 Å². The number of pyridine rings is 1. The molecule has 1 N–H and O–H groups in total. The van der Waals surface area contributed by atoms with Crippen molar-refractivity contribution >= 4 is 28.7 Å². The Morgan fingerprint density at radius 1 is 1.29 bits per heavy atom. The van der Waals surface area contributed by atoms with Gasteiger partial charge in [0.25, 0.3) is 5.91 Å². The standard InChI is InChI=1S/C15H12ClN3O2/c1-21-11-6-4-5-10(9-11)17-15(20)14-13(16)12-7-2-3-8-19(12)18-14/h2-9H,1H3,(H,17,20). The lowest BCUT2D eigenvalue weighted by Crippen LogP contribution is -2.13. The first-order valence-corrected chi connectivity index (χ1v) is 6.65. The molecule has 21 heavy (non-hydrogen) atoms. The zero-order chi connectivity index (χ0) is 14.8. The summed E-state index contributed by atoms with van der Waals surface area (Å²) in [7, 11) is 1.57. The fraction of sp³-hybridized carbons (Fsp3) is 0.0667. The fourth-order valence-corrected chi connectivity index (χ4v) is 2.28. The molecule has 0 saturated carbocycles. The van der Waals surface area contributed by atoms with Crippen LogP contribution in [0.3, 0.4) is 0 Å². The maximum atomic E-state index is 12.3. The Kier molecular flexibility index (Phi) is 3.50. The summed E-state index contributed by atoms with van der Waals surface area (Å²) in [6.07, 6.45) is 1.74. The Labute approximate surface area is 126 Å². The van der Waals surface area contributed by atoms with Gasteiger partial charge < -0.3 is 10.1 Å². The van der Waals surface area contributed by atoms with Gasteiger partial charge in [0.05, 0.1) is 17.6 Å². The van der Waals surface area contributed by atoms with Gasteiger partial charge in [-0.3, -0.25) is 4.79 Å². The third kappa shape index (κ3) is 2.55. The van der Waals surface area contributed by atoms with E-state index in [-0.39, 0.29) is 11.6 Å². The second-order valence-electron chi connectivity index (χ2n) is 4.38. The number of ether oxygens (including phenoxy) is 1. The van der Waals surface area contributed by atoms with Crippen molar-refractivity contribution in [3.05, 3.63) is 59.4 Å². The molecule has 0 unspecified atom stereocenters. The Morgan fingerprint density at radius 2 is 2.14 bits per heavy atom. The van der Waals surface area contributed by atoms with E-state index >= 15 is 0 Å². The van der Waals surface area contributed by atoms with E-state index in [1.165, 1.54) is 0 Å². The molecule has 1 aromatic carbocycles. The minimum atomic E-state index is -0.364. The van der Waals surface area contributed by atoms with Gasteiger partial charge in [0.15, 0.2) is 5.69 Å². The van der Waals surface area contributed by atoms with Crippen molar-refractivity contribution in [3.63, 3.8) is 0 Å². The maximum absolute atomic E-state index is 12.3. The van der Waals surface area contributed by atoms with E-state index in [1.807, 2.05) is 12.1 Å². The molecular weight excluding hydrogens is 290 g/mol. The monoisotopic (exact) mass is 301 g/mol. The molecule has 0 atom stereocenters. The highest BCUT2D eigenvalue weighted by Gasteiger charge is 2.17. The quantitative estimate of drug-likeness (QED) is 0.808. The highest BCUT2D eigenvalue weighted by molar-refractivity contribution is 6.37. The fourth-order valence-electron chi connectivity index (χ4n) is 2.00. The second-order valence-corrected chi connectivity index (χ2v) is 4.76. The molecule has 0 fully saturated rings. The molecule has 0 saturated heterocycles. The first-order chi connectivity index (χ1) is 10.2. The number of methoxy groups -OCH3 is 1. The third-order valence-electron chi connectivity index (χ3n) is 3.02. The van der Waals surface area contributed by atoms with E-state index in [9.17, 15) is 4.79 Å². The van der Waals surface area contributed by atoms with Crippen molar-refractivity contribution in [3.8, 4) is 5.75 Å². The van der Waals surface area contributed by atoms with Crippen molar-refractivity contribution < 1.29 is 9.53 Å². The molecular formula is C15H12ClN3O2. The summed E-state index contributed by atoms with van der Waals surface area (Å²) < 4.78 is 6.69. The number of halogens is 1. The summed E-state index contributed by atoms with van der Waals surface area (Å²) in [5, 5.41) is 7.28. The zero-order valence-electron chi connectivity index (χ0n) is 11.2.